The lowest BCUT2D eigenvalue weighted by atomic mass is 9.60. The highest BCUT2D eigenvalue weighted by Gasteiger charge is 2.49. The van der Waals surface area contributed by atoms with Gasteiger partial charge in [0.1, 0.15) is 0 Å². The average Bonchev–Trinajstić information content (AvgIpc) is 2.68. The molecule has 1 unspecified atom stereocenters. The van der Waals surface area contributed by atoms with Gasteiger partial charge in [0, 0.05) is 12.1 Å². The summed E-state index contributed by atoms with van der Waals surface area (Å²) in [6.07, 6.45) is 8.75. The van der Waals surface area contributed by atoms with Crippen molar-refractivity contribution in [2.45, 2.75) is 77.7 Å². The molecule has 1 aliphatic heterocycles. The zero-order valence-corrected chi connectivity index (χ0v) is 13.8. The van der Waals surface area contributed by atoms with Gasteiger partial charge in [-0.3, -0.25) is 9.59 Å². The molecule has 2 N–H and O–H groups in total. The second-order valence-electron chi connectivity index (χ2n) is 7.47. The highest BCUT2D eigenvalue weighted by atomic mass is 16.2. The van der Waals surface area contributed by atoms with Gasteiger partial charge in [0.15, 0.2) is 0 Å². The molecule has 1 aliphatic carbocycles. The van der Waals surface area contributed by atoms with E-state index in [1.807, 2.05) is 0 Å². The van der Waals surface area contributed by atoms with Crippen molar-refractivity contribution in [2.24, 2.45) is 11.3 Å². The molecule has 0 aromatic heterocycles. The Morgan fingerprint density at radius 3 is 2.19 bits per heavy atom. The molecule has 2 fully saturated rings. The minimum atomic E-state index is -0.469. The lowest BCUT2D eigenvalue weighted by molar-refractivity contribution is -0.142. The summed E-state index contributed by atoms with van der Waals surface area (Å²) in [6.45, 7) is 7.45. The minimum absolute atomic E-state index is 0.00458. The summed E-state index contributed by atoms with van der Waals surface area (Å²) < 4.78 is 0. The summed E-state index contributed by atoms with van der Waals surface area (Å²) in [5, 5.41) is 5.90. The molecule has 4 heteroatoms. The molecule has 2 aliphatic rings. The number of carbonyl (C=O) groups is 2. The highest BCUT2D eigenvalue weighted by Crippen LogP contribution is 2.47. The monoisotopic (exact) mass is 294 g/mol. The first-order valence-electron chi connectivity index (χ1n) is 8.49. The highest BCUT2D eigenvalue weighted by molar-refractivity contribution is 6.35. The molecule has 1 spiro atoms. The summed E-state index contributed by atoms with van der Waals surface area (Å²) in [7, 11) is 0. The predicted octanol–water partition coefficient (Wildman–Crippen LogP) is 2.77. The first kappa shape index (κ1) is 16.3. The number of nitrogens with one attached hydrogen (secondary N) is 2. The van der Waals surface area contributed by atoms with Gasteiger partial charge in [-0.25, -0.2) is 0 Å². The van der Waals surface area contributed by atoms with Crippen molar-refractivity contribution >= 4 is 11.8 Å². The van der Waals surface area contributed by atoms with Crippen LogP contribution in [0.15, 0.2) is 0 Å². The van der Waals surface area contributed by atoms with E-state index in [1.165, 1.54) is 12.8 Å². The van der Waals surface area contributed by atoms with Crippen LogP contribution in [0.3, 0.4) is 0 Å². The molecule has 2 rings (SSSR count). The van der Waals surface area contributed by atoms with Crippen LogP contribution >= 0.6 is 0 Å². The number of hydrogen-bond acceptors (Lipinski definition) is 2. The third kappa shape index (κ3) is 3.24. The third-order valence-corrected chi connectivity index (χ3v) is 6.08. The first-order valence-corrected chi connectivity index (χ1v) is 8.49. The SMILES string of the molecule is CC1CCCNC(=O)C(=O)NC2(CCCCCC2)C1(C)C. The van der Waals surface area contributed by atoms with Crippen molar-refractivity contribution in [3.63, 3.8) is 0 Å². The van der Waals surface area contributed by atoms with Crippen molar-refractivity contribution in [3.8, 4) is 0 Å². The molecular weight excluding hydrogens is 264 g/mol. The number of rotatable bonds is 0. The number of amides is 2. The Hall–Kier alpha value is -1.06. The van der Waals surface area contributed by atoms with E-state index < -0.39 is 11.8 Å². The summed E-state index contributed by atoms with van der Waals surface area (Å²) in [6, 6.07) is 0. The topological polar surface area (TPSA) is 58.2 Å². The fraction of sp³-hybridized carbons (Fsp3) is 0.882. The van der Waals surface area contributed by atoms with Gasteiger partial charge in [-0.05, 0) is 37.0 Å². The number of carbonyl (C=O) groups excluding carboxylic acids is 2. The lowest BCUT2D eigenvalue weighted by Gasteiger charge is -2.51. The maximum Gasteiger partial charge on any atom is 0.309 e. The second-order valence-corrected chi connectivity index (χ2v) is 7.47. The van der Waals surface area contributed by atoms with Crippen LogP contribution in [-0.2, 0) is 9.59 Å². The lowest BCUT2D eigenvalue weighted by Crippen LogP contribution is -2.62. The van der Waals surface area contributed by atoms with E-state index in [9.17, 15) is 9.59 Å². The first-order chi connectivity index (χ1) is 9.89. The Kier molecular flexibility index (Phi) is 4.95. The number of hydrogen-bond donors (Lipinski definition) is 2. The van der Waals surface area contributed by atoms with Crippen LogP contribution in [0.25, 0.3) is 0 Å². The van der Waals surface area contributed by atoms with Crippen LogP contribution in [0.2, 0.25) is 0 Å². The second kappa shape index (κ2) is 6.37. The molecule has 0 bridgehead atoms. The summed E-state index contributed by atoms with van der Waals surface area (Å²) in [5.41, 5.74) is -0.237. The van der Waals surface area contributed by atoms with E-state index in [2.05, 4.69) is 31.4 Å². The van der Waals surface area contributed by atoms with Gasteiger partial charge in [0.25, 0.3) is 0 Å². The Morgan fingerprint density at radius 1 is 0.952 bits per heavy atom. The van der Waals surface area contributed by atoms with Gasteiger partial charge < -0.3 is 10.6 Å². The van der Waals surface area contributed by atoms with Crippen molar-refractivity contribution in [2.75, 3.05) is 6.54 Å². The maximum absolute atomic E-state index is 12.3. The van der Waals surface area contributed by atoms with Gasteiger partial charge in [0.2, 0.25) is 0 Å². The molecule has 21 heavy (non-hydrogen) atoms. The van der Waals surface area contributed by atoms with E-state index in [4.69, 9.17) is 0 Å². The van der Waals surface area contributed by atoms with Crippen LogP contribution in [0.4, 0.5) is 0 Å². The van der Waals surface area contributed by atoms with Crippen molar-refractivity contribution in [1.29, 1.82) is 0 Å². The maximum atomic E-state index is 12.3. The Balaban J connectivity index is 2.35. The molecule has 120 valence electrons. The summed E-state index contributed by atoms with van der Waals surface area (Å²) in [4.78, 5) is 24.2. The Morgan fingerprint density at radius 2 is 1.57 bits per heavy atom. The summed E-state index contributed by atoms with van der Waals surface area (Å²) >= 11 is 0. The standard InChI is InChI=1S/C17H30N2O2/c1-13-9-8-12-18-14(20)15(21)19-17(16(13,2)3)10-6-4-5-7-11-17/h13H,4-12H2,1-3H3,(H,18,20)(H,19,21). The molecule has 1 atom stereocenters. The van der Waals surface area contributed by atoms with Gasteiger partial charge >= 0.3 is 11.8 Å². The fourth-order valence-corrected chi connectivity index (χ4v) is 4.06. The minimum Gasteiger partial charge on any atom is -0.348 e. The van der Waals surface area contributed by atoms with E-state index >= 15 is 0 Å². The molecule has 0 radical (unpaired) electrons. The average molecular weight is 294 g/mol. The smallest absolute Gasteiger partial charge is 0.309 e. The quantitative estimate of drug-likeness (QED) is 0.675. The zero-order valence-electron chi connectivity index (χ0n) is 13.8. The zero-order chi connectivity index (χ0) is 15.5. The molecular formula is C17H30N2O2. The van der Waals surface area contributed by atoms with Gasteiger partial charge in [-0.1, -0.05) is 46.5 Å². The van der Waals surface area contributed by atoms with Crippen molar-refractivity contribution < 1.29 is 9.59 Å². The van der Waals surface area contributed by atoms with Crippen LogP contribution in [0.1, 0.15) is 72.1 Å². The molecule has 2 amide bonds. The largest absolute Gasteiger partial charge is 0.348 e. The predicted molar refractivity (Wildman–Crippen MR) is 83.8 cm³/mol. The third-order valence-electron chi connectivity index (χ3n) is 6.08. The van der Waals surface area contributed by atoms with E-state index in [0.717, 1.165) is 38.5 Å². The molecule has 1 saturated heterocycles. The molecule has 1 saturated carbocycles. The Labute approximate surface area is 128 Å². The molecule has 4 nitrogen and oxygen atoms in total. The van der Waals surface area contributed by atoms with Gasteiger partial charge in [-0.2, -0.15) is 0 Å². The summed E-state index contributed by atoms with van der Waals surface area (Å²) in [5.74, 6) is -0.394. The van der Waals surface area contributed by atoms with Crippen LogP contribution in [0.5, 0.6) is 0 Å². The fourth-order valence-electron chi connectivity index (χ4n) is 4.06. The van der Waals surface area contributed by atoms with E-state index in [1.54, 1.807) is 0 Å². The van der Waals surface area contributed by atoms with Crippen molar-refractivity contribution in [1.82, 2.24) is 10.6 Å². The van der Waals surface area contributed by atoms with E-state index in [-0.39, 0.29) is 11.0 Å². The van der Waals surface area contributed by atoms with E-state index in [0.29, 0.717) is 12.5 Å². The Bertz CT molecular complexity index is 396. The van der Waals surface area contributed by atoms with Gasteiger partial charge in [-0.15, -0.1) is 0 Å². The van der Waals surface area contributed by atoms with Gasteiger partial charge in [0.05, 0.1) is 0 Å². The van der Waals surface area contributed by atoms with Crippen LogP contribution in [-0.4, -0.2) is 23.9 Å². The molecule has 0 aromatic carbocycles. The normalized spacial score (nSPS) is 30.1. The van der Waals surface area contributed by atoms with Crippen LogP contribution < -0.4 is 10.6 Å². The molecule has 1 heterocycles. The van der Waals surface area contributed by atoms with Crippen LogP contribution in [0, 0.1) is 11.3 Å². The van der Waals surface area contributed by atoms with Crippen molar-refractivity contribution in [3.05, 3.63) is 0 Å². The molecule has 0 aromatic rings.